The Hall–Kier alpha value is -1.93. The van der Waals surface area contributed by atoms with Gasteiger partial charge in [-0.25, -0.2) is 0 Å². The van der Waals surface area contributed by atoms with Gasteiger partial charge in [0, 0.05) is 11.1 Å². The number of hydrogen-bond donors (Lipinski definition) is 1. The first kappa shape index (κ1) is 14.0. The fraction of sp³-hybridized carbons (Fsp3) is 0.316. The number of rotatable bonds is 4. The van der Waals surface area contributed by atoms with Crippen molar-refractivity contribution in [3.63, 3.8) is 0 Å². The third-order valence-corrected chi connectivity index (χ3v) is 4.38. The van der Waals surface area contributed by atoms with Crippen LogP contribution in [-0.4, -0.2) is 10.9 Å². The van der Waals surface area contributed by atoms with Crippen LogP contribution in [0.5, 0.6) is 0 Å². The second kappa shape index (κ2) is 5.45. The Morgan fingerprint density at radius 1 is 0.905 bits per heavy atom. The molecular formula is C19H20O2. The van der Waals surface area contributed by atoms with Crippen LogP contribution in [0.1, 0.15) is 59.7 Å². The van der Waals surface area contributed by atoms with Crippen molar-refractivity contribution in [2.45, 2.75) is 38.2 Å². The number of aliphatic hydroxyl groups is 1. The van der Waals surface area contributed by atoms with Crippen molar-refractivity contribution in [3.05, 3.63) is 70.8 Å². The van der Waals surface area contributed by atoms with E-state index in [1.54, 1.807) is 0 Å². The zero-order valence-electron chi connectivity index (χ0n) is 12.3. The van der Waals surface area contributed by atoms with Crippen molar-refractivity contribution in [2.75, 3.05) is 0 Å². The number of unbranched alkanes of at least 4 members (excludes halogenated alkanes) is 2. The van der Waals surface area contributed by atoms with Gasteiger partial charge in [-0.3, -0.25) is 4.79 Å². The van der Waals surface area contributed by atoms with Gasteiger partial charge in [-0.1, -0.05) is 68.3 Å². The molecule has 0 saturated carbocycles. The summed E-state index contributed by atoms with van der Waals surface area (Å²) < 4.78 is 0. The lowest BCUT2D eigenvalue weighted by Gasteiger charge is -2.36. The van der Waals surface area contributed by atoms with E-state index in [0.717, 1.165) is 30.4 Å². The maximum absolute atomic E-state index is 12.6. The Bertz CT molecular complexity index is 623. The van der Waals surface area contributed by atoms with Gasteiger partial charge in [-0.15, -0.1) is 0 Å². The molecule has 0 spiro atoms. The zero-order valence-corrected chi connectivity index (χ0v) is 12.3. The molecule has 3 rings (SSSR count). The van der Waals surface area contributed by atoms with Crippen LogP contribution in [0.2, 0.25) is 0 Å². The summed E-state index contributed by atoms with van der Waals surface area (Å²) in [5.41, 5.74) is 1.73. The van der Waals surface area contributed by atoms with Crippen LogP contribution in [-0.2, 0) is 5.60 Å². The van der Waals surface area contributed by atoms with Crippen LogP contribution in [0.4, 0.5) is 0 Å². The van der Waals surface area contributed by atoms with E-state index >= 15 is 0 Å². The Labute approximate surface area is 125 Å². The van der Waals surface area contributed by atoms with Crippen LogP contribution < -0.4 is 0 Å². The van der Waals surface area contributed by atoms with Crippen molar-refractivity contribution in [3.8, 4) is 0 Å². The fourth-order valence-electron chi connectivity index (χ4n) is 3.27. The molecule has 0 fully saturated rings. The molecule has 0 aliphatic heterocycles. The van der Waals surface area contributed by atoms with E-state index in [1.807, 2.05) is 48.5 Å². The molecule has 21 heavy (non-hydrogen) atoms. The zero-order chi connectivity index (χ0) is 14.9. The summed E-state index contributed by atoms with van der Waals surface area (Å²) in [5, 5.41) is 11.4. The van der Waals surface area contributed by atoms with Gasteiger partial charge in [0.2, 0.25) is 0 Å². The normalized spacial score (nSPS) is 15.4. The molecule has 0 bridgehead atoms. The van der Waals surface area contributed by atoms with E-state index in [-0.39, 0.29) is 5.78 Å². The molecule has 0 amide bonds. The predicted octanol–water partition coefficient (Wildman–Crippen LogP) is 4.05. The SMILES string of the molecule is CCCCCC1(O)c2ccccc2C(=O)c2ccccc21. The maximum Gasteiger partial charge on any atom is 0.193 e. The number of benzene rings is 2. The number of hydrogen-bond acceptors (Lipinski definition) is 2. The van der Waals surface area contributed by atoms with E-state index in [1.165, 1.54) is 0 Å². The molecular weight excluding hydrogens is 260 g/mol. The summed E-state index contributed by atoms with van der Waals surface area (Å²) in [6, 6.07) is 14.9. The molecule has 2 aromatic carbocycles. The average Bonchev–Trinajstić information content (AvgIpc) is 2.53. The van der Waals surface area contributed by atoms with Crippen molar-refractivity contribution >= 4 is 5.78 Å². The maximum atomic E-state index is 12.6. The topological polar surface area (TPSA) is 37.3 Å². The van der Waals surface area contributed by atoms with Gasteiger partial charge in [0.25, 0.3) is 0 Å². The molecule has 0 unspecified atom stereocenters. The molecule has 0 aromatic heterocycles. The lowest BCUT2D eigenvalue weighted by molar-refractivity contribution is 0.0612. The summed E-state index contributed by atoms with van der Waals surface area (Å²) in [5.74, 6) is 0.0152. The molecule has 2 aromatic rings. The smallest absolute Gasteiger partial charge is 0.193 e. The summed E-state index contributed by atoms with van der Waals surface area (Å²) in [7, 11) is 0. The number of fused-ring (bicyclic) bond motifs is 2. The Balaban J connectivity index is 2.15. The highest BCUT2D eigenvalue weighted by molar-refractivity contribution is 6.13. The highest BCUT2D eigenvalue weighted by Gasteiger charge is 2.41. The second-order valence-electron chi connectivity index (χ2n) is 5.74. The molecule has 0 saturated heterocycles. The van der Waals surface area contributed by atoms with Gasteiger partial charge < -0.3 is 5.11 Å². The van der Waals surface area contributed by atoms with Crippen LogP contribution >= 0.6 is 0 Å². The van der Waals surface area contributed by atoms with E-state index in [4.69, 9.17) is 0 Å². The first-order valence-corrected chi connectivity index (χ1v) is 7.64. The lowest BCUT2D eigenvalue weighted by Crippen LogP contribution is -2.35. The lowest BCUT2D eigenvalue weighted by atomic mass is 9.72. The van der Waals surface area contributed by atoms with Gasteiger partial charge >= 0.3 is 0 Å². The second-order valence-corrected chi connectivity index (χ2v) is 5.74. The minimum atomic E-state index is -1.05. The minimum absolute atomic E-state index is 0.0152. The molecule has 1 aliphatic rings. The standard InChI is InChI=1S/C19H20O2/c1-2-3-8-13-19(21)16-11-6-4-9-14(16)18(20)15-10-5-7-12-17(15)19/h4-7,9-12,21H,2-3,8,13H2,1H3. The average molecular weight is 280 g/mol. The van der Waals surface area contributed by atoms with Crippen molar-refractivity contribution in [2.24, 2.45) is 0 Å². The fourth-order valence-corrected chi connectivity index (χ4v) is 3.27. The quantitative estimate of drug-likeness (QED) is 0.858. The van der Waals surface area contributed by atoms with Gasteiger partial charge in [-0.05, 0) is 24.0 Å². The van der Waals surface area contributed by atoms with E-state index in [0.29, 0.717) is 17.5 Å². The first-order valence-electron chi connectivity index (χ1n) is 7.64. The van der Waals surface area contributed by atoms with Crippen LogP contribution in [0, 0.1) is 0 Å². The Morgan fingerprint density at radius 2 is 1.43 bits per heavy atom. The van der Waals surface area contributed by atoms with Gasteiger partial charge in [0.15, 0.2) is 5.78 Å². The van der Waals surface area contributed by atoms with Crippen molar-refractivity contribution in [1.82, 2.24) is 0 Å². The number of carbonyl (C=O) groups is 1. The third-order valence-electron chi connectivity index (χ3n) is 4.38. The number of carbonyl (C=O) groups excluding carboxylic acids is 1. The Morgan fingerprint density at radius 3 is 1.95 bits per heavy atom. The molecule has 108 valence electrons. The molecule has 1 aliphatic carbocycles. The highest BCUT2D eigenvalue weighted by Crippen LogP contribution is 2.42. The summed E-state index contributed by atoms with van der Waals surface area (Å²) in [4.78, 5) is 12.6. The first-order chi connectivity index (χ1) is 10.2. The van der Waals surface area contributed by atoms with Gasteiger partial charge in [-0.2, -0.15) is 0 Å². The number of ketones is 1. The summed E-state index contributed by atoms with van der Waals surface area (Å²) in [6.07, 6.45) is 3.80. The summed E-state index contributed by atoms with van der Waals surface area (Å²) >= 11 is 0. The largest absolute Gasteiger partial charge is 0.380 e. The molecule has 0 radical (unpaired) electrons. The third kappa shape index (κ3) is 2.20. The predicted molar refractivity (Wildman–Crippen MR) is 83.5 cm³/mol. The van der Waals surface area contributed by atoms with Crippen LogP contribution in [0.15, 0.2) is 48.5 Å². The molecule has 0 heterocycles. The summed E-state index contributed by atoms with van der Waals surface area (Å²) in [6.45, 7) is 2.15. The Kier molecular flexibility index (Phi) is 3.64. The van der Waals surface area contributed by atoms with Crippen LogP contribution in [0.3, 0.4) is 0 Å². The van der Waals surface area contributed by atoms with E-state index in [2.05, 4.69) is 6.92 Å². The van der Waals surface area contributed by atoms with Crippen molar-refractivity contribution < 1.29 is 9.90 Å². The molecule has 1 N–H and O–H groups in total. The minimum Gasteiger partial charge on any atom is -0.380 e. The molecule has 2 nitrogen and oxygen atoms in total. The molecule has 2 heteroatoms. The van der Waals surface area contributed by atoms with Crippen LogP contribution in [0.25, 0.3) is 0 Å². The van der Waals surface area contributed by atoms with E-state index in [9.17, 15) is 9.90 Å². The van der Waals surface area contributed by atoms with Gasteiger partial charge in [0.1, 0.15) is 5.60 Å². The highest BCUT2D eigenvalue weighted by atomic mass is 16.3. The van der Waals surface area contributed by atoms with Gasteiger partial charge in [0.05, 0.1) is 0 Å². The van der Waals surface area contributed by atoms with E-state index < -0.39 is 5.60 Å². The monoisotopic (exact) mass is 280 g/mol. The van der Waals surface area contributed by atoms with Crippen molar-refractivity contribution in [1.29, 1.82) is 0 Å². The molecule has 0 atom stereocenters.